The SMILES string of the molecule is Nc1cc2c(cc1OC1CCOCC1)CN=C2.O=[N+]([O-])c1cc2c(cc1OC1CCOCC1)CN=C2. The van der Waals surface area contributed by atoms with Crippen LogP contribution in [0.1, 0.15) is 47.9 Å². The molecule has 10 heteroatoms. The Kier molecular flexibility index (Phi) is 7.43. The molecular weight excluding hydrogens is 464 g/mol. The second-order valence-electron chi connectivity index (χ2n) is 9.16. The predicted octanol–water partition coefficient (Wildman–Crippen LogP) is 3.84. The molecule has 2 aromatic carbocycles. The van der Waals surface area contributed by atoms with E-state index in [1.54, 1.807) is 18.3 Å². The van der Waals surface area contributed by atoms with Crippen molar-refractivity contribution in [3.8, 4) is 11.5 Å². The van der Waals surface area contributed by atoms with Crippen LogP contribution in [0.3, 0.4) is 0 Å². The van der Waals surface area contributed by atoms with E-state index >= 15 is 0 Å². The monoisotopic (exact) mass is 494 g/mol. The molecule has 0 unspecified atom stereocenters. The quantitative estimate of drug-likeness (QED) is 0.379. The third-order valence-electron chi connectivity index (χ3n) is 6.60. The highest BCUT2D eigenvalue weighted by molar-refractivity contribution is 5.87. The zero-order valence-electron chi connectivity index (χ0n) is 20.1. The smallest absolute Gasteiger partial charge is 0.311 e. The lowest BCUT2D eigenvalue weighted by Gasteiger charge is -2.24. The van der Waals surface area contributed by atoms with E-state index in [2.05, 4.69) is 9.98 Å². The van der Waals surface area contributed by atoms with Crippen molar-refractivity contribution in [3.05, 3.63) is 56.6 Å². The Morgan fingerprint density at radius 2 is 1.31 bits per heavy atom. The van der Waals surface area contributed by atoms with Crippen LogP contribution in [0.25, 0.3) is 0 Å². The van der Waals surface area contributed by atoms with Crippen molar-refractivity contribution in [2.75, 3.05) is 32.2 Å². The number of benzene rings is 2. The fourth-order valence-corrected chi connectivity index (χ4v) is 4.57. The summed E-state index contributed by atoms with van der Waals surface area (Å²) in [5.74, 6) is 1.14. The summed E-state index contributed by atoms with van der Waals surface area (Å²) >= 11 is 0. The number of hydrogen-bond donors (Lipinski definition) is 1. The Bertz CT molecular complexity index is 1170. The lowest BCUT2D eigenvalue weighted by Crippen LogP contribution is -2.26. The average molecular weight is 495 g/mol. The van der Waals surface area contributed by atoms with Gasteiger partial charge in [-0.05, 0) is 34.9 Å². The summed E-state index contributed by atoms with van der Waals surface area (Å²) in [6.45, 7) is 4.15. The summed E-state index contributed by atoms with van der Waals surface area (Å²) in [4.78, 5) is 19.1. The molecular formula is C26H30N4O6. The van der Waals surface area contributed by atoms with Gasteiger partial charge in [-0.2, -0.15) is 0 Å². The maximum atomic E-state index is 11.1. The van der Waals surface area contributed by atoms with Crippen LogP contribution in [0, 0.1) is 10.1 Å². The number of ether oxygens (including phenoxy) is 4. The maximum Gasteiger partial charge on any atom is 0.311 e. The number of hydrogen-bond acceptors (Lipinski definition) is 9. The van der Waals surface area contributed by atoms with Gasteiger partial charge in [0.25, 0.3) is 0 Å². The van der Waals surface area contributed by atoms with Crippen molar-refractivity contribution in [2.45, 2.75) is 51.0 Å². The summed E-state index contributed by atoms with van der Waals surface area (Å²) in [6, 6.07) is 7.25. The van der Waals surface area contributed by atoms with Crippen LogP contribution in [0.2, 0.25) is 0 Å². The number of nitrogens with zero attached hydrogens (tertiary/aromatic N) is 3. The third kappa shape index (κ3) is 5.66. The number of nitro benzene ring substituents is 1. The molecule has 0 spiro atoms. The van der Waals surface area contributed by atoms with Crippen molar-refractivity contribution < 1.29 is 23.9 Å². The van der Waals surface area contributed by atoms with Gasteiger partial charge >= 0.3 is 5.69 Å². The van der Waals surface area contributed by atoms with Crippen LogP contribution in [0.4, 0.5) is 11.4 Å². The van der Waals surface area contributed by atoms with Gasteiger partial charge in [0.15, 0.2) is 5.75 Å². The summed E-state index contributed by atoms with van der Waals surface area (Å²) in [5, 5.41) is 11.1. The highest BCUT2D eigenvalue weighted by Gasteiger charge is 2.24. The zero-order valence-corrected chi connectivity index (χ0v) is 20.1. The molecule has 36 heavy (non-hydrogen) atoms. The summed E-state index contributed by atoms with van der Waals surface area (Å²) < 4.78 is 22.3. The predicted molar refractivity (Wildman–Crippen MR) is 135 cm³/mol. The first-order valence-electron chi connectivity index (χ1n) is 12.3. The van der Waals surface area contributed by atoms with Crippen LogP contribution in [0.15, 0.2) is 34.3 Å². The number of anilines is 1. The van der Waals surface area contributed by atoms with Gasteiger partial charge in [-0.25, -0.2) is 0 Å². The molecule has 4 aliphatic heterocycles. The van der Waals surface area contributed by atoms with E-state index in [-0.39, 0.29) is 17.9 Å². The molecule has 0 bridgehead atoms. The van der Waals surface area contributed by atoms with Crippen LogP contribution in [0.5, 0.6) is 11.5 Å². The summed E-state index contributed by atoms with van der Waals surface area (Å²) in [5.41, 5.74) is 10.8. The van der Waals surface area contributed by atoms with E-state index in [0.29, 0.717) is 31.2 Å². The topological polar surface area (TPSA) is 131 Å². The highest BCUT2D eigenvalue weighted by Crippen LogP contribution is 2.34. The molecule has 2 saturated heterocycles. The van der Waals surface area contributed by atoms with E-state index in [0.717, 1.165) is 67.9 Å². The van der Waals surface area contributed by atoms with Crippen molar-refractivity contribution in [1.29, 1.82) is 0 Å². The molecule has 4 aliphatic rings. The van der Waals surface area contributed by atoms with Gasteiger partial charge in [0, 0.05) is 49.7 Å². The first-order chi connectivity index (χ1) is 17.6. The maximum absolute atomic E-state index is 11.1. The lowest BCUT2D eigenvalue weighted by molar-refractivity contribution is -0.386. The van der Waals surface area contributed by atoms with Gasteiger partial charge in [0.2, 0.25) is 0 Å². The van der Waals surface area contributed by atoms with E-state index in [1.807, 2.05) is 18.3 Å². The molecule has 0 saturated carbocycles. The Morgan fingerprint density at radius 3 is 1.86 bits per heavy atom. The van der Waals surface area contributed by atoms with Gasteiger partial charge in [-0.3, -0.25) is 20.1 Å². The normalized spacial score (nSPS) is 18.8. The zero-order chi connectivity index (χ0) is 24.9. The molecule has 0 amide bonds. The molecule has 6 rings (SSSR count). The molecule has 10 nitrogen and oxygen atoms in total. The molecule has 0 aliphatic carbocycles. The van der Waals surface area contributed by atoms with E-state index in [1.165, 1.54) is 5.56 Å². The van der Waals surface area contributed by atoms with E-state index in [4.69, 9.17) is 24.7 Å². The minimum absolute atomic E-state index is 0.00665. The fraction of sp³-hybridized carbons (Fsp3) is 0.462. The van der Waals surface area contributed by atoms with Crippen molar-refractivity contribution in [2.24, 2.45) is 9.98 Å². The molecule has 190 valence electrons. The summed E-state index contributed by atoms with van der Waals surface area (Å²) in [7, 11) is 0. The first-order valence-corrected chi connectivity index (χ1v) is 12.3. The molecule has 2 aromatic rings. The molecule has 0 aromatic heterocycles. The number of aliphatic imine (C=N–C) groups is 2. The van der Waals surface area contributed by atoms with E-state index < -0.39 is 4.92 Å². The van der Waals surface area contributed by atoms with Gasteiger partial charge < -0.3 is 24.7 Å². The van der Waals surface area contributed by atoms with Crippen molar-refractivity contribution in [3.63, 3.8) is 0 Å². The van der Waals surface area contributed by atoms with Gasteiger partial charge in [-0.15, -0.1) is 0 Å². The molecule has 2 N–H and O–H groups in total. The molecule has 2 fully saturated rings. The first kappa shape index (κ1) is 24.2. The van der Waals surface area contributed by atoms with Gasteiger partial charge in [0.05, 0.1) is 50.1 Å². The number of nitrogen functional groups attached to an aromatic ring is 1. The van der Waals surface area contributed by atoms with Crippen LogP contribution in [-0.2, 0) is 22.6 Å². The Labute approximate surface area is 209 Å². The van der Waals surface area contributed by atoms with Crippen molar-refractivity contribution in [1.82, 2.24) is 0 Å². The summed E-state index contributed by atoms with van der Waals surface area (Å²) in [6.07, 6.45) is 7.17. The number of fused-ring (bicyclic) bond motifs is 2. The van der Waals surface area contributed by atoms with Crippen LogP contribution in [-0.4, -0.2) is 56.0 Å². The Morgan fingerprint density at radius 1 is 0.806 bits per heavy atom. The van der Waals surface area contributed by atoms with E-state index in [9.17, 15) is 10.1 Å². The van der Waals surface area contributed by atoms with Crippen LogP contribution < -0.4 is 15.2 Å². The Balaban J connectivity index is 0.000000149. The molecule has 0 atom stereocenters. The average Bonchev–Trinajstić information content (AvgIpc) is 3.54. The van der Waals surface area contributed by atoms with Gasteiger partial charge in [-0.1, -0.05) is 0 Å². The standard InChI is InChI=1S/C13H14N2O4.C13H16N2O2/c16-15(17)12-5-9-7-14-8-10(9)6-13(12)19-11-1-3-18-4-2-11;14-12-5-9-7-15-8-10(9)6-13(12)17-11-1-3-16-4-2-11/h5-7,11H,1-4,8H2;5-7,11H,1-4,8,14H2. The number of nitrogens with two attached hydrogens (primary N) is 1. The second-order valence-corrected chi connectivity index (χ2v) is 9.16. The lowest BCUT2D eigenvalue weighted by atomic mass is 10.1. The van der Waals surface area contributed by atoms with Crippen LogP contribution >= 0.6 is 0 Å². The minimum Gasteiger partial charge on any atom is -0.488 e. The Hall–Kier alpha value is -3.50. The minimum atomic E-state index is -0.402. The third-order valence-corrected chi connectivity index (χ3v) is 6.60. The number of rotatable bonds is 5. The fourth-order valence-electron chi connectivity index (χ4n) is 4.57. The molecule has 0 radical (unpaired) electrons. The number of nitro groups is 1. The van der Waals surface area contributed by atoms with Crippen molar-refractivity contribution >= 4 is 23.8 Å². The second kappa shape index (κ2) is 11.0. The largest absolute Gasteiger partial charge is 0.488 e. The highest BCUT2D eigenvalue weighted by atomic mass is 16.6. The van der Waals surface area contributed by atoms with Gasteiger partial charge in [0.1, 0.15) is 18.0 Å². The molecule has 4 heterocycles.